The van der Waals surface area contributed by atoms with E-state index in [9.17, 15) is 4.79 Å². The third-order valence-corrected chi connectivity index (χ3v) is 17.2. The van der Waals surface area contributed by atoms with Crippen molar-refractivity contribution in [1.29, 1.82) is 0 Å². The minimum absolute atomic E-state index is 0.364. The molecule has 580 valence electrons. The molecule has 19 heteroatoms. The molecule has 0 radical (unpaired) electrons. The second kappa shape index (κ2) is 55.9. The normalized spacial score (nSPS) is 11.0. The van der Waals surface area contributed by atoms with Crippen molar-refractivity contribution in [3.8, 4) is 0 Å². The Morgan fingerprint density at radius 3 is 0.817 bits per heavy atom. The number of hydrogen-bond donors (Lipinski definition) is 10. The van der Waals surface area contributed by atoms with Gasteiger partial charge in [-0.2, -0.15) is 0 Å². The molecule has 9 rings (SSSR count). The van der Waals surface area contributed by atoms with Gasteiger partial charge in [0.2, 0.25) is 0 Å². The van der Waals surface area contributed by atoms with E-state index in [0.29, 0.717) is 52.4 Å². The number of esters is 1. The monoisotopic (exact) mass is 1480 g/mol. The number of rotatable bonds is 40. The first-order chi connectivity index (χ1) is 53.5. The molecule has 20 N–H and O–H groups in total. The Bertz CT molecular complexity index is 3780. The van der Waals surface area contributed by atoms with Gasteiger partial charge in [0.25, 0.3) is 0 Å². The molecule has 0 bridgehead atoms. The van der Waals surface area contributed by atoms with Gasteiger partial charge >= 0.3 is 5.97 Å². The van der Waals surface area contributed by atoms with Crippen molar-refractivity contribution in [2.24, 2.45) is 57.3 Å². The zero-order valence-electron chi connectivity index (χ0n) is 64.6. The average Bonchev–Trinajstić information content (AvgIpc) is 0.894. The Hall–Kier alpha value is -10.4. The lowest BCUT2D eigenvalue weighted by Crippen LogP contribution is -2.33. The first-order valence-electron chi connectivity index (χ1n) is 38.2. The van der Waals surface area contributed by atoms with Crippen LogP contribution >= 0.6 is 0 Å². The van der Waals surface area contributed by atoms with Crippen LogP contribution in [-0.2, 0) is 16.1 Å². The van der Waals surface area contributed by atoms with Crippen LogP contribution in [0.1, 0.15) is 82.7 Å². The zero-order chi connectivity index (χ0) is 78.2. The Morgan fingerprint density at radius 1 is 0.312 bits per heavy atom. The minimum Gasteiger partial charge on any atom is -0.466 e. The molecule has 0 saturated heterocycles. The maximum atomic E-state index is 11.0. The van der Waals surface area contributed by atoms with Gasteiger partial charge in [-0.1, -0.05) is 183 Å². The van der Waals surface area contributed by atoms with E-state index in [2.05, 4.69) is 252 Å². The molecule has 0 atom stereocenters. The van der Waals surface area contributed by atoms with Gasteiger partial charge in [-0.05, 0) is 155 Å². The van der Waals surface area contributed by atoms with E-state index in [1.54, 1.807) is 18.5 Å². The van der Waals surface area contributed by atoms with Gasteiger partial charge in [0.1, 0.15) is 6.54 Å². The summed E-state index contributed by atoms with van der Waals surface area (Å²) in [7, 11) is 1.35. The van der Waals surface area contributed by atoms with Crippen LogP contribution < -0.4 is 86.4 Å². The SMILES string of the molecule is CCCC[n+]1ccc(C=Cc2ccc(N(CCN)CCN)cc2)cc1.COC(=O)/C=C\c1ccc(N(CCN)CCN)cc1.NCCCN(CCCN)c1ccc(C=Cc2ccccc2)cc1.NCCN(CCN)c1ccc(C=Cc2ccccc2)cc1.NCCN(CCN)c1ccc(C=Cc2ccncc2)cc1. The summed E-state index contributed by atoms with van der Waals surface area (Å²) in [6.07, 6.45) is 32.4. The number of benzene rings is 7. The lowest BCUT2D eigenvalue weighted by molar-refractivity contribution is -0.697. The fraction of sp³-hybridized carbons (Fsp3) is 0.300. The lowest BCUT2D eigenvalue weighted by atomic mass is 10.1. The van der Waals surface area contributed by atoms with Gasteiger partial charge in [-0.25, -0.2) is 9.36 Å². The number of nitrogens with zero attached hydrogens (tertiary/aromatic N) is 7. The quantitative estimate of drug-likeness (QED) is 0.00738. The summed E-state index contributed by atoms with van der Waals surface area (Å²) in [5.74, 6) is -0.364. The van der Waals surface area contributed by atoms with Gasteiger partial charge < -0.3 is 86.6 Å². The Balaban J connectivity index is 0.000000245. The smallest absolute Gasteiger partial charge is 0.330 e. The van der Waals surface area contributed by atoms with Crippen LogP contribution in [0.4, 0.5) is 28.4 Å². The van der Waals surface area contributed by atoms with Gasteiger partial charge in [0, 0.05) is 183 Å². The summed E-state index contributed by atoms with van der Waals surface area (Å²) in [6, 6.07) is 70.9. The third-order valence-electron chi connectivity index (χ3n) is 17.2. The number of aromatic nitrogens is 2. The standard InChI is InChI=1S/C21H31N4.C20H27N3.C18H23N3.C17H22N4.C14H21N3O2/c1-2-3-14-24-15-10-20(11-16-24)5-4-19-6-8-21(9-7-19)25(17-12-22)18-13-23;21-14-4-16-23(17-5-15-22)20-12-10-19(11-13-20)9-8-18-6-2-1-3-7-18;19-12-14-21(15-13-20)18-10-8-17(9-11-18)7-6-16-4-2-1-3-5-16;18-9-13-21(14-10-19)17-5-3-15(4-6-17)1-2-16-7-11-20-12-8-16;1-19-14(18)7-4-12-2-5-13(6-3-12)17(10-8-15)11-9-16/h4-11,15-16H,2-3,12-14,17-18,22-23H2,1H3;1-3,6-13H,4-5,14-17,21-22H2;1-11H,12-15,19-20H2;1-8,11-12H,9-10,13-14,18-19H2;2-7H,8-11,15-16H2,1H3/q+1;;;;/b;;;;7-4-. The molecule has 0 fully saturated rings. The Labute approximate surface area is 650 Å². The molecule has 0 aliphatic carbocycles. The second-order valence-electron chi connectivity index (χ2n) is 25.5. The number of unbranched alkanes of at least 4 members (excludes halogenated alkanes) is 1. The van der Waals surface area contributed by atoms with Crippen molar-refractivity contribution in [2.45, 2.75) is 39.2 Å². The molecular formula is C90H124N17O2+. The van der Waals surface area contributed by atoms with Crippen molar-refractivity contribution in [2.75, 3.05) is 163 Å². The van der Waals surface area contributed by atoms with Crippen LogP contribution in [0.25, 0.3) is 54.7 Å². The maximum absolute atomic E-state index is 11.0. The summed E-state index contributed by atoms with van der Waals surface area (Å²) in [5, 5.41) is 0. The first-order valence-corrected chi connectivity index (χ1v) is 38.2. The molecule has 0 saturated carbocycles. The number of anilines is 5. The highest BCUT2D eigenvalue weighted by Gasteiger charge is 2.10. The molecule has 0 unspecified atom stereocenters. The number of aryl methyl sites for hydroxylation is 1. The predicted octanol–water partition coefficient (Wildman–Crippen LogP) is 11.2. The van der Waals surface area contributed by atoms with E-state index in [1.165, 1.54) is 76.5 Å². The predicted molar refractivity (Wildman–Crippen MR) is 468 cm³/mol. The maximum Gasteiger partial charge on any atom is 0.330 e. The lowest BCUT2D eigenvalue weighted by Gasteiger charge is -2.24. The van der Waals surface area contributed by atoms with Crippen LogP contribution in [0.5, 0.6) is 0 Å². The molecular weight excluding hydrogens is 1350 g/mol. The molecule has 19 nitrogen and oxygen atoms in total. The zero-order valence-corrected chi connectivity index (χ0v) is 64.6. The number of nitrogens with two attached hydrogens (primary N) is 10. The molecule has 2 aromatic heterocycles. The molecule has 109 heavy (non-hydrogen) atoms. The third kappa shape index (κ3) is 36.4. The minimum atomic E-state index is -0.364. The van der Waals surface area contributed by atoms with E-state index >= 15 is 0 Å². The number of carbonyl (C=O) groups is 1. The van der Waals surface area contributed by atoms with Crippen molar-refractivity contribution >= 4 is 89.1 Å². The van der Waals surface area contributed by atoms with E-state index in [0.717, 1.165) is 126 Å². The van der Waals surface area contributed by atoms with Crippen molar-refractivity contribution in [3.63, 3.8) is 0 Å². The first kappa shape index (κ1) is 89.2. The van der Waals surface area contributed by atoms with Gasteiger partial charge in [-0.3, -0.25) is 4.98 Å². The van der Waals surface area contributed by atoms with Gasteiger partial charge in [-0.15, -0.1) is 0 Å². The van der Waals surface area contributed by atoms with Crippen LogP contribution in [0.15, 0.2) is 237 Å². The summed E-state index contributed by atoms with van der Waals surface area (Å²) < 4.78 is 6.77. The van der Waals surface area contributed by atoms with E-state index in [-0.39, 0.29) is 5.97 Å². The van der Waals surface area contributed by atoms with Crippen LogP contribution in [0.3, 0.4) is 0 Å². The van der Waals surface area contributed by atoms with Crippen LogP contribution in [-0.4, -0.2) is 149 Å². The van der Waals surface area contributed by atoms with Crippen molar-refractivity contribution < 1.29 is 14.1 Å². The summed E-state index contributed by atoms with van der Waals surface area (Å²) >= 11 is 0. The van der Waals surface area contributed by atoms with E-state index in [4.69, 9.17) is 57.3 Å². The number of pyridine rings is 2. The Morgan fingerprint density at radius 2 is 0.560 bits per heavy atom. The topological polar surface area (TPSA) is 319 Å². The number of ether oxygens (including phenoxy) is 1. The summed E-state index contributed by atoms with van der Waals surface area (Å²) in [4.78, 5) is 26.1. The number of methoxy groups -OCH3 is 1. The number of carbonyl (C=O) groups excluding carboxylic acids is 1. The fourth-order valence-corrected chi connectivity index (χ4v) is 11.3. The van der Waals surface area contributed by atoms with E-state index < -0.39 is 0 Å². The second-order valence-corrected chi connectivity index (χ2v) is 25.5. The fourth-order valence-electron chi connectivity index (χ4n) is 11.3. The summed E-state index contributed by atoms with van der Waals surface area (Å²) in [6.45, 7) is 18.2. The van der Waals surface area contributed by atoms with Crippen LogP contribution in [0.2, 0.25) is 0 Å². The summed E-state index contributed by atoms with van der Waals surface area (Å²) in [5.41, 5.74) is 72.6. The van der Waals surface area contributed by atoms with Gasteiger partial charge in [0.15, 0.2) is 12.4 Å². The van der Waals surface area contributed by atoms with Crippen molar-refractivity contribution in [3.05, 3.63) is 287 Å². The highest BCUT2D eigenvalue weighted by Crippen LogP contribution is 2.22. The average molecular weight is 1480 g/mol. The number of hydrogen-bond acceptors (Lipinski definition) is 18. The molecule has 2 heterocycles. The molecule has 0 aliphatic heterocycles. The molecule has 0 spiro atoms. The van der Waals surface area contributed by atoms with Crippen LogP contribution in [0, 0.1) is 0 Å². The molecule has 0 aliphatic rings. The Kier molecular flexibility index (Phi) is 45.8. The molecule has 7 aromatic carbocycles. The van der Waals surface area contributed by atoms with Crippen molar-refractivity contribution in [1.82, 2.24) is 4.98 Å². The highest BCUT2D eigenvalue weighted by atomic mass is 16.5. The highest BCUT2D eigenvalue weighted by molar-refractivity contribution is 5.87. The van der Waals surface area contributed by atoms with Gasteiger partial charge in [0.05, 0.1) is 7.11 Å². The van der Waals surface area contributed by atoms with E-state index in [1.807, 2.05) is 60.7 Å². The molecule has 9 aromatic rings. The molecule has 0 amide bonds. The largest absolute Gasteiger partial charge is 0.466 e.